The van der Waals surface area contributed by atoms with Crippen LogP contribution in [0.1, 0.15) is 24.2 Å². The largest absolute Gasteiger partial charge is 0.491 e. The predicted octanol–water partition coefficient (Wildman–Crippen LogP) is 4.01. The number of hydrogen-bond acceptors (Lipinski definition) is 4. The summed E-state index contributed by atoms with van der Waals surface area (Å²) in [5.41, 5.74) is 2.05. The molecule has 0 saturated heterocycles. The summed E-state index contributed by atoms with van der Waals surface area (Å²) >= 11 is 6.45. The fourth-order valence-corrected chi connectivity index (χ4v) is 3.69. The molecule has 1 aliphatic rings. The second-order valence-electron chi connectivity index (χ2n) is 6.57. The van der Waals surface area contributed by atoms with E-state index in [1.807, 2.05) is 29.8 Å². The van der Waals surface area contributed by atoms with Gasteiger partial charge in [0, 0.05) is 12.6 Å². The molecule has 0 atom stereocenters. The molecule has 1 saturated carbocycles. The molecule has 1 fully saturated rings. The van der Waals surface area contributed by atoms with Crippen molar-refractivity contribution >= 4 is 24.0 Å². The van der Waals surface area contributed by atoms with Crippen molar-refractivity contribution in [3.8, 4) is 17.1 Å². The Hall–Kier alpha value is -2.08. The Balaban J connectivity index is 0.00000210. The summed E-state index contributed by atoms with van der Waals surface area (Å²) in [6.07, 6.45) is 2.15. The van der Waals surface area contributed by atoms with Crippen molar-refractivity contribution in [1.82, 2.24) is 14.8 Å². The number of rotatable bonds is 6. The highest BCUT2D eigenvalue weighted by molar-refractivity contribution is 6.33. The first-order valence-corrected chi connectivity index (χ1v) is 9.02. The number of aromatic nitrogens is 3. The highest BCUT2D eigenvalue weighted by Crippen LogP contribution is 2.53. The normalized spacial score (nSPS) is 14.5. The quantitative estimate of drug-likeness (QED) is 0.672. The molecule has 1 aliphatic carbocycles. The summed E-state index contributed by atoms with van der Waals surface area (Å²) in [5.74, 6) is 2.33. The molecule has 2 aromatic carbocycles. The third-order valence-corrected chi connectivity index (χ3v) is 5.23. The predicted molar refractivity (Wildman–Crippen MR) is 108 cm³/mol. The molecule has 142 valence electrons. The lowest BCUT2D eigenvalue weighted by atomic mass is 9.95. The van der Waals surface area contributed by atoms with Gasteiger partial charge in [-0.2, -0.15) is 0 Å². The van der Waals surface area contributed by atoms with Crippen LogP contribution in [0.4, 0.5) is 0 Å². The van der Waals surface area contributed by atoms with E-state index < -0.39 is 0 Å². The SMILES string of the molecule is Cl.Cn1c(-c2ccc(OCCO)cc2Cl)nnc1C1(c2ccccc2)CC1. The first kappa shape index (κ1) is 19.7. The fraction of sp³-hybridized carbons (Fsp3) is 0.300. The van der Waals surface area contributed by atoms with Gasteiger partial charge < -0.3 is 14.4 Å². The lowest BCUT2D eigenvalue weighted by Gasteiger charge is -2.15. The van der Waals surface area contributed by atoms with Gasteiger partial charge in [0.05, 0.1) is 17.0 Å². The average molecular weight is 406 g/mol. The Kier molecular flexibility index (Phi) is 5.75. The maximum atomic E-state index is 8.87. The van der Waals surface area contributed by atoms with Crippen LogP contribution in [-0.2, 0) is 12.5 Å². The maximum absolute atomic E-state index is 8.87. The van der Waals surface area contributed by atoms with Gasteiger partial charge in [0.1, 0.15) is 18.2 Å². The van der Waals surface area contributed by atoms with Crippen molar-refractivity contribution in [3.05, 3.63) is 64.9 Å². The first-order chi connectivity index (χ1) is 12.7. The molecule has 0 bridgehead atoms. The summed E-state index contributed by atoms with van der Waals surface area (Å²) in [6.45, 7) is 0.205. The zero-order valence-electron chi connectivity index (χ0n) is 14.9. The maximum Gasteiger partial charge on any atom is 0.165 e. The number of nitrogens with zero attached hydrogens (tertiary/aromatic N) is 3. The van der Waals surface area contributed by atoms with Crippen LogP contribution >= 0.6 is 24.0 Å². The summed E-state index contributed by atoms with van der Waals surface area (Å²) in [5, 5.41) is 18.3. The van der Waals surface area contributed by atoms with Crippen LogP contribution in [0.5, 0.6) is 5.75 Å². The van der Waals surface area contributed by atoms with Crippen molar-refractivity contribution in [2.45, 2.75) is 18.3 Å². The Morgan fingerprint density at radius 1 is 1.15 bits per heavy atom. The van der Waals surface area contributed by atoms with Crippen LogP contribution in [0, 0.1) is 0 Å². The third kappa shape index (κ3) is 3.55. The number of benzene rings is 2. The summed E-state index contributed by atoms with van der Waals surface area (Å²) in [7, 11) is 1.99. The molecular weight excluding hydrogens is 385 g/mol. The Morgan fingerprint density at radius 3 is 2.52 bits per heavy atom. The van der Waals surface area contributed by atoms with Gasteiger partial charge in [-0.1, -0.05) is 41.9 Å². The molecule has 3 aromatic rings. The zero-order valence-corrected chi connectivity index (χ0v) is 16.5. The van der Waals surface area contributed by atoms with Gasteiger partial charge >= 0.3 is 0 Å². The van der Waals surface area contributed by atoms with Crippen molar-refractivity contribution in [3.63, 3.8) is 0 Å². The average Bonchev–Trinajstić information content (AvgIpc) is 3.38. The van der Waals surface area contributed by atoms with Crippen LogP contribution in [0.2, 0.25) is 5.02 Å². The molecule has 4 rings (SSSR count). The molecule has 0 unspecified atom stereocenters. The molecule has 0 amide bonds. The van der Waals surface area contributed by atoms with E-state index in [-0.39, 0.29) is 31.0 Å². The van der Waals surface area contributed by atoms with E-state index in [9.17, 15) is 0 Å². The number of hydrogen-bond donors (Lipinski definition) is 1. The smallest absolute Gasteiger partial charge is 0.165 e. The van der Waals surface area contributed by atoms with Crippen LogP contribution < -0.4 is 4.74 Å². The minimum Gasteiger partial charge on any atom is -0.491 e. The van der Waals surface area contributed by atoms with Gasteiger partial charge in [-0.15, -0.1) is 22.6 Å². The summed E-state index contributed by atoms with van der Waals surface area (Å²) in [6, 6.07) is 15.9. The highest BCUT2D eigenvalue weighted by Gasteiger charge is 2.49. The number of aliphatic hydroxyl groups is 1. The van der Waals surface area contributed by atoms with Gasteiger partial charge in [0.2, 0.25) is 0 Å². The summed E-state index contributed by atoms with van der Waals surface area (Å²) < 4.78 is 7.44. The van der Waals surface area contributed by atoms with E-state index in [4.69, 9.17) is 21.4 Å². The molecule has 1 aromatic heterocycles. The van der Waals surface area contributed by atoms with Gasteiger partial charge in [0.15, 0.2) is 5.82 Å². The molecule has 0 spiro atoms. The number of ether oxygens (including phenoxy) is 1. The lowest BCUT2D eigenvalue weighted by Crippen LogP contribution is -2.15. The molecule has 0 aliphatic heterocycles. The Labute approximate surface area is 169 Å². The Morgan fingerprint density at radius 2 is 1.89 bits per heavy atom. The van der Waals surface area contributed by atoms with E-state index in [2.05, 4.69) is 34.5 Å². The molecule has 7 heteroatoms. The van der Waals surface area contributed by atoms with Crippen LogP contribution in [0.15, 0.2) is 48.5 Å². The molecule has 0 radical (unpaired) electrons. The second-order valence-corrected chi connectivity index (χ2v) is 6.98. The molecular formula is C20H21Cl2N3O2. The minimum absolute atomic E-state index is 0. The van der Waals surface area contributed by atoms with E-state index in [1.165, 1.54) is 5.56 Å². The van der Waals surface area contributed by atoms with Gasteiger partial charge in [-0.25, -0.2) is 0 Å². The third-order valence-electron chi connectivity index (χ3n) is 4.92. The minimum atomic E-state index is -0.0437. The zero-order chi connectivity index (χ0) is 18.1. The van der Waals surface area contributed by atoms with E-state index in [0.717, 1.165) is 30.1 Å². The van der Waals surface area contributed by atoms with Gasteiger partial charge in [0.25, 0.3) is 0 Å². The topological polar surface area (TPSA) is 60.2 Å². The molecule has 1 N–H and O–H groups in total. The first-order valence-electron chi connectivity index (χ1n) is 8.65. The van der Waals surface area contributed by atoms with Crippen molar-refractivity contribution in [2.24, 2.45) is 7.05 Å². The van der Waals surface area contributed by atoms with Crippen LogP contribution in [-0.4, -0.2) is 33.1 Å². The van der Waals surface area contributed by atoms with Crippen molar-refractivity contribution in [1.29, 1.82) is 0 Å². The fourth-order valence-electron chi connectivity index (χ4n) is 3.43. The number of halogens is 2. The standard InChI is InChI=1S/C20H20ClN3O2.ClH/c1-24-18(16-8-7-15(13-17(16)21)26-12-11-25)22-23-19(24)20(9-10-20)14-5-3-2-4-6-14;/h2-8,13,25H,9-12H2,1H3;1H. The number of aliphatic hydroxyl groups excluding tert-OH is 1. The van der Waals surface area contributed by atoms with Crippen molar-refractivity contribution < 1.29 is 9.84 Å². The second kappa shape index (κ2) is 7.89. The Bertz CT molecular complexity index is 924. The lowest BCUT2D eigenvalue weighted by molar-refractivity contribution is 0.201. The van der Waals surface area contributed by atoms with Crippen molar-refractivity contribution in [2.75, 3.05) is 13.2 Å². The summed E-state index contributed by atoms with van der Waals surface area (Å²) in [4.78, 5) is 0. The molecule has 5 nitrogen and oxygen atoms in total. The van der Waals surface area contributed by atoms with Crippen LogP contribution in [0.25, 0.3) is 11.4 Å². The monoisotopic (exact) mass is 405 g/mol. The molecule has 1 heterocycles. The van der Waals surface area contributed by atoms with Gasteiger partial charge in [-0.3, -0.25) is 0 Å². The van der Waals surface area contributed by atoms with E-state index in [1.54, 1.807) is 6.07 Å². The molecule has 27 heavy (non-hydrogen) atoms. The highest BCUT2D eigenvalue weighted by atomic mass is 35.5. The van der Waals surface area contributed by atoms with E-state index in [0.29, 0.717) is 10.8 Å². The van der Waals surface area contributed by atoms with E-state index >= 15 is 0 Å². The van der Waals surface area contributed by atoms with Gasteiger partial charge in [-0.05, 0) is 36.6 Å². The van der Waals surface area contributed by atoms with Crippen LogP contribution in [0.3, 0.4) is 0 Å².